The highest BCUT2D eigenvalue weighted by atomic mass is 127. The second-order valence-electron chi connectivity index (χ2n) is 4.80. The molecule has 0 spiro atoms. The lowest BCUT2D eigenvalue weighted by molar-refractivity contribution is 0.0979. The van der Waals surface area contributed by atoms with Crippen LogP contribution in [0.4, 0.5) is 0 Å². The van der Waals surface area contributed by atoms with Gasteiger partial charge in [0.05, 0.1) is 0 Å². The first-order valence-electron chi connectivity index (χ1n) is 6.07. The van der Waals surface area contributed by atoms with Gasteiger partial charge in [-0.15, -0.1) is 0 Å². The summed E-state index contributed by atoms with van der Waals surface area (Å²) in [7, 11) is -1.01. The number of carbonyl (C=O) groups excluding carboxylic acids is 1. The fraction of sp³-hybridized carbons (Fsp3) is 0.417. The van der Waals surface area contributed by atoms with Gasteiger partial charge in [0.15, 0.2) is 0 Å². The maximum absolute atomic E-state index is 12.0. The van der Waals surface area contributed by atoms with Crippen molar-refractivity contribution in [3.8, 4) is 0 Å². The molecule has 1 N–H and O–H groups in total. The topological polar surface area (TPSA) is 69.7 Å². The minimum absolute atomic E-state index is 0.371. The van der Waals surface area contributed by atoms with Crippen LogP contribution in [0.25, 0.3) is 0 Å². The predicted octanol–water partition coefficient (Wildman–Crippen LogP) is 0.931. The average Bonchev–Trinajstić information content (AvgIpc) is 2.37. The van der Waals surface area contributed by atoms with E-state index in [1.807, 2.05) is 10.8 Å². The molecule has 20 heavy (non-hydrogen) atoms. The van der Waals surface area contributed by atoms with Gasteiger partial charge in [-0.1, -0.05) is 6.07 Å². The van der Waals surface area contributed by atoms with E-state index in [1.165, 1.54) is 19.7 Å². The lowest BCUT2D eigenvalue weighted by Crippen LogP contribution is -2.39. The molecule has 8 heteroatoms. The number of hydrogen-bond donors (Lipinski definition) is 1. The summed E-state index contributed by atoms with van der Waals surface area (Å²) in [6.45, 7) is 1.77. The second-order valence-corrected chi connectivity index (χ2v) is 8.05. The Kier molecular flexibility index (Phi) is 4.67. The summed E-state index contributed by atoms with van der Waals surface area (Å²) in [5.41, 5.74) is 2.65. The summed E-state index contributed by atoms with van der Waals surface area (Å²) in [4.78, 5) is 12.0. The van der Waals surface area contributed by atoms with Crippen LogP contribution in [0.15, 0.2) is 18.2 Å². The van der Waals surface area contributed by atoms with Gasteiger partial charge in [0.25, 0.3) is 5.91 Å². The number of nitrogens with one attached hydrogen (secondary N) is 1. The zero-order chi connectivity index (χ0) is 14.9. The van der Waals surface area contributed by atoms with Crippen molar-refractivity contribution in [3.63, 3.8) is 0 Å². The smallest absolute Gasteiger partial charge is 0.268 e. The van der Waals surface area contributed by atoms with E-state index in [0.717, 1.165) is 29.4 Å². The summed E-state index contributed by atoms with van der Waals surface area (Å²) in [6.07, 6.45) is 0.861. The van der Waals surface area contributed by atoms with Crippen LogP contribution in [-0.4, -0.2) is 42.4 Å². The van der Waals surface area contributed by atoms with Crippen molar-refractivity contribution in [2.45, 2.75) is 13.0 Å². The Balaban J connectivity index is 2.20. The van der Waals surface area contributed by atoms with Crippen LogP contribution in [0.2, 0.25) is 0 Å². The third kappa shape index (κ3) is 3.48. The summed E-state index contributed by atoms with van der Waals surface area (Å²) in [5.74, 6) is -0.599. The van der Waals surface area contributed by atoms with Crippen molar-refractivity contribution in [3.05, 3.63) is 34.9 Å². The van der Waals surface area contributed by atoms with E-state index in [1.54, 1.807) is 12.1 Å². The van der Waals surface area contributed by atoms with Crippen LogP contribution >= 0.6 is 22.9 Å². The van der Waals surface area contributed by atoms with Crippen molar-refractivity contribution in [2.24, 2.45) is 0 Å². The summed E-state index contributed by atoms with van der Waals surface area (Å²) >= 11 is 2.27. The summed E-state index contributed by atoms with van der Waals surface area (Å²) in [5, 5.41) is 0. The molecule has 0 aromatic heterocycles. The van der Waals surface area contributed by atoms with Crippen LogP contribution in [0.5, 0.6) is 0 Å². The molecular formula is C12H16IN3O3S. The first-order valence-corrected chi connectivity index (χ1v) is 8.47. The molecule has 0 atom stereocenters. The van der Waals surface area contributed by atoms with Crippen molar-refractivity contribution in [2.75, 3.05) is 20.6 Å². The van der Waals surface area contributed by atoms with E-state index in [2.05, 4.69) is 26.0 Å². The van der Waals surface area contributed by atoms with E-state index in [4.69, 9.17) is 0 Å². The van der Waals surface area contributed by atoms with Gasteiger partial charge in [0, 0.05) is 55.6 Å². The Bertz CT molecular complexity index is 631. The molecule has 0 fully saturated rings. The van der Waals surface area contributed by atoms with Crippen molar-refractivity contribution < 1.29 is 13.2 Å². The van der Waals surface area contributed by atoms with E-state index in [0.29, 0.717) is 5.56 Å². The molecule has 0 saturated carbocycles. The molecule has 0 radical (unpaired) electrons. The SMILES string of the molecule is CN(C)S(=O)(=O)NC(=O)c1ccc2c(c1)CCN(I)C2. The predicted molar refractivity (Wildman–Crippen MR) is 84.6 cm³/mol. The van der Waals surface area contributed by atoms with Crippen molar-refractivity contribution in [1.82, 2.24) is 12.1 Å². The molecule has 0 bridgehead atoms. The minimum atomic E-state index is -3.75. The van der Waals surface area contributed by atoms with Crippen LogP contribution in [0.1, 0.15) is 21.5 Å². The largest absolute Gasteiger partial charge is 0.303 e. The minimum Gasteiger partial charge on any atom is -0.268 e. The summed E-state index contributed by atoms with van der Waals surface area (Å²) in [6, 6.07) is 5.33. The van der Waals surface area contributed by atoms with Crippen LogP contribution in [-0.2, 0) is 23.2 Å². The first-order chi connectivity index (χ1) is 9.29. The van der Waals surface area contributed by atoms with Crippen LogP contribution < -0.4 is 4.72 Å². The number of halogens is 1. The van der Waals surface area contributed by atoms with Crippen molar-refractivity contribution >= 4 is 39.0 Å². The van der Waals surface area contributed by atoms with Gasteiger partial charge in [-0.3, -0.25) is 4.79 Å². The number of rotatable bonds is 3. The first kappa shape index (κ1) is 15.7. The molecule has 1 aromatic carbocycles. The van der Waals surface area contributed by atoms with Gasteiger partial charge in [-0.05, 0) is 29.7 Å². The molecule has 0 saturated heterocycles. The third-order valence-corrected chi connectivity index (χ3v) is 5.36. The van der Waals surface area contributed by atoms with E-state index < -0.39 is 16.1 Å². The van der Waals surface area contributed by atoms with E-state index in [-0.39, 0.29) is 0 Å². The highest BCUT2D eigenvalue weighted by Gasteiger charge is 2.20. The number of carbonyl (C=O) groups is 1. The third-order valence-electron chi connectivity index (χ3n) is 3.14. The van der Waals surface area contributed by atoms with Gasteiger partial charge in [-0.2, -0.15) is 12.7 Å². The molecule has 0 aliphatic carbocycles. The Morgan fingerprint density at radius 3 is 2.70 bits per heavy atom. The number of nitrogens with zero attached hydrogens (tertiary/aromatic N) is 2. The molecule has 1 aliphatic rings. The number of fused-ring (bicyclic) bond motifs is 1. The Labute approximate surface area is 132 Å². The Morgan fingerprint density at radius 2 is 2.05 bits per heavy atom. The van der Waals surface area contributed by atoms with Gasteiger partial charge in [0.1, 0.15) is 0 Å². The normalized spacial score (nSPS) is 16.0. The van der Waals surface area contributed by atoms with Gasteiger partial charge in [-0.25, -0.2) is 7.84 Å². The van der Waals surface area contributed by atoms with Crippen LogP contribution in [0.3, 0.4) is 0 Å². The average molecular weight is 409 g/mol. The second kappa shape index (κ2) is 5.96. The zero-order valence-corrected chi connectivity index (χ0v) is 14.2. The molecule has 6 nitrogen and oxygen atoms in total. The quantitative estimate of drug-likeness (QED) is 0.596. The van der Waals surface area contributed by atoms with Crippen molar-refractivity contribution in [1.29, 1.82) is 0 Å². The molecular weight excluding hydrogens is 393 g/mol. The molecule has 2 rings (SSSR count). The molecule has 110 valence electrons. The van der Waals surface area contributed by atoms with E-state index >= 15 is 0 Å². The Hall–Kier alpha value is -0.710. The molecule has 1 amide bonds. The highest BCUT2D eigenvalue weighted by molar-refractivity contribution is 14.1. The van der Waals surface area contributed by atoms with E-state index in [9.17, 15) is 13.2 Å². The number of hydrogen-bond acceptors (Lipinski definition) is 4. The maximum Gasteiger partial charge on any atom is 0.303 e. The lowest BCUT2D eigenvalue weighted by atomic mass is 9.98. The van der Waals surface area contributed by atoms with Gasteiger partial charge in [0.2, 0.25) is 0 Å². The molecule has 1 aliphatic heterocycles. The molecule has 0 unspecified atom stereocenters. The number of benzene rings is 1. The molecule has 1 heterocycles. The summed E-state index contributed by atoms with van der Waals surface area (Å²) < 4.78 is 28.4. The number of amides is 1. The molecule has 1 aromatic rings. The van der Waals surface area contributed by atoms with Crippen LogP contribution in [0, 0.1) is 0 Å². The fourth-order valence-corrected chi connectivity index (χ4v) is 3.07. The monoisotopic (exact) mass is 409 g/mol. The zero-order valence-electron chi connectivity index (χ0n) is 11.3. The highest BCUT2D eigenvalue weighted by Crippen LogP contribution is 2.22. The Morgan fingerprint density at radius 1 is 1.35 bits per heavy atom. The van der Waals surface area contributed by atoms with Gasteiger partial charge < -0.3 is 0 Å². The van der Waals surface area contributed by atoms with Gasteiger partial charge >= 0.3 is 10.2 Å². The fourth-order valence-electron chi connectivity index (χ4n) is 1.93. The lowest BCUT2D eigenvalue weighted by Gasteiger charge is -2.23. The standard InChI is InChI=1S/C12H16IN3O3S/c1-15(2)20(18,19)14-12(17)10-3-4-11-8-16(13)6-5-9(11)7-10/h3-4,7H,5-6,8H2,1-2H3,(H,14,17). The maximum atomic E-state index is 12.0.